The Labute approximate surface area is 143 Å². The average molecular weight is 355 g/mol. The lowest BCUT2D eigenvalue weighted by Gasteiger charge is -2.35. The lowest BCUT2D eigenvalue weighted by molar-refractivity contribution is -0.139. The van der Waals surface area contributed by atoms with E-state index in [4.69, 9.17) is 5.11 Å². The van der Waals surface area contributed by atoms with E-state index in [0.29, 0.717) is 18.5 Å². The fraction of sp³-hybridized carbons (Fsp3) is 0.444. The van der Waals surface area contributed by atoms with E-state index >= 15 is 0 Å². The molecule has 0 bridgehead atoms. The third-order valence-electron chi connectivity index (χ3n) is 4.26. The first-order valence-electron chi connectivity index (χ1n) is 8.15. The minimum atomic E-state index is -4.39. The number of aliphatic carboxylic acids is 1. The molecule has 0 aromatic heterocycles. The van der Waals surface area contributed by atoms with Gasteiger partial charge in [0.15, 0.2) is 0 Å². The van der Waals surface area contributed by atoms with Gasteiger partial charge in [0.1, 0.15) is 0 Å². The number of rotatable bonds is 5. The number of likely N-dealkylation sites (tertiary alicyclic amines) is 1. The second kappa shape index (κ2) is 8.18. The summed E-state index contributed by atoms with van der Waals surface area (Å²) in [4.78, 5) is 24.8. The molecule has 1 aromatic rings. The number of amides is 1. The largest absolute Gasteiger partial charge is 0.481 e. The van der Waals surface area contributed by atoms with E-state index in [1.165, 1.54) is 24.3 Å². The number of carbonyl (C=O) groups excluding carboxylic acids is 1. The van der Waals surface area contributed by atoms with E-state index in [1.807, 2.05) is 0 Å². The van der Waals surface area contributed by atoms with Crippen molar-refractivity contribution in [1.82, 2.24) is 4.90 Å². The molecule has 1 saturated heterocycles. The topological polar surface area (TPSA) is 57.6 Å². The van der Waals surface area contributed by atoms with Crippen LogP contribution < -0.4 is 0 Å². The molecule has 7 heteroatoms. The Morgan fingerprint density at radius 1 is 1.20 bits per heavy atom. The summed E-state index contributed by atoms with van der Waals surface area (Å²) in [5, 5.41) is 8.80. The molecule has 0 radical (unpaired) electrons. The highest BCUT2D eigenvalue weighted by Crippen LogP contribution is 2.29. The number of piperidine rings is 1. The third-order valence-corrected chi connectivity index (χ3v) is 4.26. The van der Waals surface area contributed by atoms with Crippen LogP contribution in [0.15, 0.2) is 30.3 Å². The summed E-state index contributed by atoms with van der Waals surface area (Å²) in [6.45, 7) is 0.570. The van der Waals surface area contributed by atoms with E-state index < -0.39 is 17.7 Å². The summed E-state index contributed by atoms with van der Waals surface area (Å²) < 4.78 is 37.6. The second-order valence-corrected chi connectivity index (χ2v) is 6.07. The molecule has 1 fully saturated rings. The van der Waals surface area contributed by atoms with Crippen LogP contribution >= 0.6 is 0 Å². The molecule has 4 nitrogen and oxygen atoms in total. The quantitative estimate of drug-likeness (QED) is 0.813. The second-order valence-electron chi connectivity index (χ2n) is 6.07. The van der Waals surface area contributed by atoms with Gasteiger partial charge in [-0.2, -0.15) is 13.2 Å². The lowest BCUT2D eigenvalue weighted by Crippen LogP contribution is -2.43. The van der Waals surface area contributed by atoms with Crippen LogP contribution in [0.5, 0.6) is 0 Å². The van der Waals surface area contributed by atoms with Crippen LogP contribution in [0.4, 0.5) is 13.2 Å². The number of carbonyl (C=O) groups is 2. The Morgan fingerprint density at radius 3 is 2.48 bits per heavy atom. The molecule has 1 heterocycles. The fourth-order valence-corrected chi connectivity index (χ4v) is 2.93. The summed E-state index contributed by atoms with van der Waals surface area (Å²) in [5.41, 5.74) is -0.235. The SMILES string of the molecule is O=C(O)CCC1CCCCN1C(=O)/C=C/c1ccc(C(F)(F)F)cc1. The maximum atomic E-state index is 12.5. The Kier molecular flexibility index (Phi) is 6.22. The van der Waals surface area contributed by atoms with Crippen molar-refractivity contribution in [3.8, 4) is 0 Å². The minimum absolute atomic E-state index is 0.0110. The van der Waals surface area contributed by atoms with Crippen LogP contribution in [0.1, 0.15) is 43.2 Å². The molecule has 25 heavy (non-hydrogen) atoms. The molecular weight excluding hydrogens is 335 g/mol. The summed E-state index contributed by atoms with van der Waals surface area (Å²) in [6, 6.07) is 4.46. The number of hydrogen-bond acceptors (Lipinski definition) is 2. The summed E-state index contributed by atoms with van der Waals surface area (Å²) in [7, 11) is 0. The van der Waals surface area contributed by atoms with Gasteiger partial charge in [-0.1, -0.05) is 12.1 Å². The Morgan fingerprint density at radius 2 is 1.88 bits per heavy atom. The van der Waals surface area contributed by atoms with E-state index in [9.17, 15) is 22.8 Å². The van der Waals surface area contributed by atoms with Crippen LogP contribution in [-0.4, -0.2) is 34.5 Å². The van der Waals surface area contributed by atoms with Gasteiger partial charge < -0.3 is 10.0 Å². The van der Waals surface area contributed by atoms with Crippen LogP contribution in [0, 0.1) is 0 Å². The van der Waals surface area contributed by atoms with Gasteiger partial charge >= 0.3 is 12.1 Å². The highest BCUT2D eigenvalue weighted by atomic mass is 19.4. The van der Waals surface area contributed by atoms with Gasteiger partial charge in [-0.05, 0) is 49.5 Å². The van der Waals surface area contributed by atoms with E-state index in [2.05, 4.69) is 0 Å². The minimum Gasteiger partial charge on any atom is -0.481 e. The van der Waals surface area contributed by atoms with E-state index in [-0.39, 0.29) is 18.4 Å². The molecule has 2 rings (SSSR count). The highest BCUT2D eigenvalue weighted by molar-refractivity contribution is 5.92. The van der Waals surface area contributed by atoms with Crippen molar-refractivity contribution in [3.63, 3.8) is 0 Å². The van der Waals surface area contributed by atoms with Crippen LogP contribution in [-0.2, 0) is 15.8 Å². The lowest BCUT2D eigenvalue weighted by atomic mass is 9.97. The van der Waals surface area contributed by atoms with Crippen LogP contribution in [0.25, 0.3) is 6.08 Å². The number of alkyl halides is 3. The number of hydrogen-bond donors (Lipinski definition) is 1. The smallest absolute Gasteiger partial charge is 0.416 e. The highest BCUT2D eigenvalue weighted by Gasteiger charge is 2.30. The molecule has 1 unspecified atom stereocenters. The van der Waals surface area contributed by atoms with Crippen molar-refractivity contribution >= 4 is 18.0 Å². The zero-order valence-corrected chi connectivity index (χ0v) is 13.6. The Hall–Kier alpha value is -2.31. The number of nitrogens with zero attached hydrogens (tertiary/aromatic N) is 1. The zero-order valence-electron chi connectivity index (χ0n) is 13.6. The number of benzene rings is 1. The number of carboxylic acids is 1. The maximum absolute atomic E-state index is 12.5. The third kappa shape index (κ3) is 5.62. The molecule has 0 aliphatic carbocycles. The van der Waals surface area contributed by atoms with Crippen molar-refractivity contribution in [3.05, 3.63) is 41.5 Å². The molecule has 1 amide bonds. The number of carboxylic acid groups (broad SMARTS) is 1. The van der Waals surface area contributed by atoms with Crippen LogP contribution in [0.3, 0.4) is 0 Å². The van der Waals surface area contributed by atoms with Crippen molar-refractivity contribution in [1.29, 1.82) is 0 Å². The zero-order chi connectivity index (χ0) is 18.4. The van der Waals surface area contributed by atoms with Gasteiger partial charge in [0.05, 0.1) is 5.56 Å². The maximum Gasteiger partial charge on any atom is 0.416 e. The van der Waals surface area contributed by atoms with Gasteiger partial charge in [-0.15, -0.1) is 0 Å². The first-order chi connectivity index (χ1) is 11.8. The average Bonchev–Trinajstić information content (AvgIpc) is 2.57. The molecule has 1 N–H and O–H groups in total. The summed E-state index contributed by atoms with van der Waals surface area (Å²) >= 11 is 0. The fourth-order valence-electron chi connectivity index (χ4n) is 2.93. The van der Waals surface area contributed by atoms with Crippen molar-refractivity contribution < 1.29 is 27.9 Å². The van der Waals surface area contributed by atoms with E-state index in [1.54, 1.807) is 4.90 Å². The van der Waals surface area contributed by atoms with Gasteiger partial charge in [-0.25, -0.2) is 0 Å². The van der Waals surface area contributed by atoms with E-state index in [0.717, 1.165) is 31.4 Å². The molecule has 1 aliphatic rings. The Bertz CT molecular complexity index is 638. The predicted molar refractivity (Wildman–Crippen MR) is 86.7 cm³/mol. The molecule has 1 aliphatic heterocycles. The van der Waals surface area contributed by atoms with Crippen LogP contribution in [0.2, 0.25) is 0 Å². The molecule has 0 saturated carbocycles. The molecule has 0 spiro atoms. The number of halogens is 3. The van der Waals surface area contributed by atoms with Gasteiger partial charge in [0.2, 0.25) is 5.91 Å². The van der Waals surface area contributed by atoms with Crippen molar-refractivity contribution in [2.45, 2.75) is 44.3 Å². The monoisotopic (exact) mass is 355 g/mol. The van der Waals surface area contributed by atoms with Crippen molar-refractivity contribution in [2.24, 2.45) is 0 Å². The first-order valence-corrected chi connectivity index (χ1v) is 8.15. The first kappa shape index (κ1) is 19.0. The van der Waals surface area contributed by atoms with Gasteiger partial charge in [-0.3, -0.25) is 9.59 Å². The molecule has 1 atom stereocenters. The molecule has 1 aromatic carbocycles. The summed E-state index contributed by atoms with van der Waals surface area (Å²) in [5.74, 6) is -1.13. The standard InChI is InChI=1S/C18H20F3NO3/c19-18(20,21)14-7-4-13(5-8-14)6-10-16(23)22-12-2-1-3-15(22)9-11-17(24)25/h4-8,10,15H,1-3,9,11-12H2,(H,24,25)/b10-6+. The molecular formula is C18H20F3NO3. The van der Waals surface area contributed by atoms with Gasteiger partial charge in [0.25, 0.3) is 0 Å². The van der Waals surface area contributed by atoms with Gasteiger partial charge in [0, 0.05) is 25.1 Å². The molecule has 136 valence electrons. The normalized spacial score (nSPS) is 18.5. The Balaban J connectivity index is 2.01. The predicted octanol–water partition coefficient (Wildman–Crippen LogP) is 3.96. The van der Waals surface area contributed by atoms with Crippen molar-refractivity contribution in [2.75, 3.05) is 6.54 Å². The summed E-state index contributed by atoms with van der Waals surface area (Å²) in [6.07, 6.45) is 1.44.